The minimum absolute atomic E-state index is 0.780. The number of rotatable bonds is 2. The van der Waals surface area contributed by atoms with Crippen molar-refractivity contribution in [2.24, 2.45) is 0 Å². The van der Waals surface area contributed by atoms with Gasteiger partial charge in [0.2, 0.25) is 0 Å². The Morgan fingerprint density at radius 2 is 1.47 bits per heavy atom. The molecule has 0 atom stereocenters. The molecule has 0 bridgehead atoms. The van der Waals surface area contributed by atoms with Crippen LogP contribution in [0.25, 0.3) is 0 Å². The number of hydrogen-bond donors (Lipinski definition) is 0. The molecule has 2 aromatic carbocycles. The van der Waals surface area contributed by atoms with Gasteiger partial charge in [0, 0.05) is 13.4 Å². The van der Waals surface area contributed by atoms with Gasteiger partial charge in [0.25, 0.3) is 0 Å². The molecular formula is C12H6Br4O. The number of benzene rings is 2. The molecule has 0 aliphatic carbocycles. The van der Waals surface area contributed by atoms with E-state index in [2.05, 4.69) is 63.7 Å². The third-order valence-electron chi connectivity index (χ3n) is 2.01. The van der Waals surface area contributed by atoms with Crippen LogP contribution >= 0.6 is 63.7 Å². The van der Waals surface area contributed by atoms with Crippen LogP contribution in [0.4, 0.5) is 0 Å². The van der Waals surface area contributed by atoms with Gasteiger partial charge in [0.1, 0.15) is 11.5 Å². The second kappa shape index (κ2) is 5.87. The second-order valence-corrected chi connectivity index (χ2v) is 6.73. The number of hydrogen-bond acceptors (Lipinski definition) is 1. The summed E-state index contributed by atoms with van der Waals surface area (Å²) in [5.74, 6) is 1.56. The minimum Gasteiger partial charge on any atom is -0.456 e. The van der Waals surface area contributed by atoms with Gasteiger partial charge in [0.05, 0.1) is 4.47 Å². The van der Waals surface area contributed by atoms with Crippen LogP contribution in [0.5, 0.6) is 11.5 Å². The molecule has 2 rings (SSSR count). The Bertz CT molecular complexity index is 554. The molecule has 0 saturated heterocycles. The summed E-state index contributed by atoms with van der Waals surface area (Å²) in [5, 5.41) is 0. The van der Waals surface area contributed by atoms with Gasteiger partial charge in [-0.15, -0.1) is 0 Å². The maximum absolute atomic E-state index is 5.78. The summed E-state index contributed by atoms with van der Waals surface area (Å²) in [4.78, 5) is 0. The lowest BCUT2D eigenvalue weighted by Gasteiger charge is -2.08. The summed E-state index contributed by atoms with van der Waals surface area (Å²) >= 11 is 13.7. The van der Waals surface area contributed by atoms with Gasteiger partial charge < -0.3 is 4.74 Å². The minimum atomic E-state index is 0.780. The highest BCUT2D eigenvalue weighted by molar-refractivity contribution is 9.13. The molecule has 0 aromatic heterocycles. The van der Waals surface area contributed by atoms with Gasteiger partial charge in [-0.2, -0.15) is 0 Å². The lowest BCUT2D eigenvalue weighted by atomic mass is 10.3. The molecule has 0 spiro atoms. The van der Waals surface area contributed by atoms with Crippen LogP contribution in [0, 0.1) is 0 Å². The van der Waals surface area contributed by atoms with Gasteiger partial charge >= 0.3 is 0 Å². The third kappa shape index (κ3) is 3.56. The van der Waals surface area contributed by atoms with Crippen molar-refractivity contribution in [2.45, 2.75) is 0 Å². The van der Waals surface area contributed by atoms with Crippen LogP contribution in [0.1, 0.15) is 0 Å². The molecule has 1 nitrogen and oxygen atoms in total. The summed E-state index contributed by atoms with van der Waals surface area (Å²) in [7, 11) is 0. The molecule has 17 heavy (non-hydrogen) atoms. The zero-order chi connectivity index (χ0) is 12.4. The van der Waals surface area contributed by atoms with Crippen molar-refractivity contribution >= 4 is 63.7 Å². The van der Waals surface area contributed by atoms with Crippen molar-refractivity contribution in [3.05, 3.63) is 54.3 Å². The van der Waals surface area contributed by atoms with E-state index in [0.29, 0.717) is 0 Å². The summed E-state index contributed by atoms with van der Waals surface area (Å²) in [6.07, 6.45) is 0. The predicted octanol–water partition coefficient (Wildman–Crippen LogP) is 6.53. The van der Waals surface area contributed by atoms with Crippen LogP contribution in [0.15, 0.2) is 54.3 Å². The Morgan fingerprint density at radius 1 is 0.706 bits per heavy atom. The Hall–Kier alpha value is 0.160. The SMILES string of the molecule is Brc1ccc(O[13c]2[13cH][13cH][13c](Br)[13cH][13c]2Br)cc1Br. The van der Waals surface area contributed by atoms with Crippen molar-refractivity contribution in [1.29, 1.82) is 0 Å². The largest absolute Gasteiger partial charge is 0.456 e. The van der Waals surface area contributed by atoms with Crippen LogP contribution in [0.3, 0.4) is 0 Å². The van der Waals surface area contributed by atoms with E-state index in [9.17, 15) is 0 Å². The predicted molar refractivity (Wildman–Crippen MR) is 83.8 cm³/mol. The number of ether oxygens (including phenoxy) is 1. The van der Waals surface area contributed by atoms with Gasteiger partial charge in [0.15, 0.2) is 0 Å². The molecule has 0 radical (unpaired) electrons. The Labute approximate surface area is 133 Å². The Morgan fingerprint density at radius 3 is 2.12 bits per heavy atom. The topological polar surface area (TPSA) is 9.23 Å². The van der Waals surface area contributed by atoms with E-state index < -0.39 is 0 Å². The first-order valence-corrected chi connectivity index (χ1v) is 7.81. The van der Waals surface area contributed by atoms with Crippen LogP contribution in [0.2, 0.25) is 0 Å². The van der Waals surface area contributed by atoms with Crippen LogP contribution < -0.4 is 4.74 Å². The van der Waals surface area contributed by atoms with E-state index >= 15 is 0 Å². The van der Waals surface area contributed by atoms with E-state index in [1.165, 1.54) is 0 Å². The van der Waals surface area contributed by atoms with E-state index in [-0.39, 0.29) is 0 Å². The molecule has 0 aliphatic rings. The Kier molecular flexibility index (Phi) is 4.69. The molecule has 0 fully saturated rings. The second-order valence-electron chi connectivity index (χ2n) is 3.25. The lowest BCUT2D eigenvalue weighted by Crippen LogP contribution is -1.85. The fraction of sp³-hybridized carbons (Fsp3) is 0. The molecule has 2 aromatic rings. The highest BCUT2D eigenvalue weighted by Crippen LogP contribution is 2.34. The van der Waals surface area contributed by atoms with E-state index in [1.807, 2.05) is 36.4 Å². The first-order valence-electron chi connectivity index (χ1n) is 4.64. The van der Waals surface area contributed by atoms with E-state index in [4.69, 9.17) is 4.74 Å². The van der Waals surface area contributed by atoms with Gasteiger partial charge in [-0.25, -0.2) is 0 Å². The molecule has 88 valence electrons. The van der Waals surface area contributed by atoms with Crippen molar-refractivity contribution in [1.82, 2.24) is 0 Å². The Balaban J connectivity index is 2.28. The highest BCUT2D eigenvalue weighted by Gasteiger charge is 2.05. The van der Waals surface area contributed by atoms with Gasteiger partial charge in [-0.05, 0) is 84.2 Å². The number of halogens is 4. The average Bonchev–Trinajstić information content (AvgIpc) is 2.27. The molecule has 0 N–H and O–H groups in total. The first-order chi connectivity index (χ1) is 8.06. The first kappa shape index (κ1) is 13.6. The summed E-state index contributed by atoms with van der Waals surface area (Å²) in [5.41, 5.74) is 0. The normalized spacial score (nSPS) is 10.4. The van der Waals surface area contributed by atoms with Crippen LogP contribution in [-0.2, 0) is 0 Å². The molecule has 0 unspecified atom stereocenters. The van der Waals surface area contributed by atoms with E-state index in [1.54, 1.807) is 0 Å². The lowest BCUT2D eigenvalue weighted by molar-refractivity contribution is 0.479. The third-order valence-corrected chi connectivity index (χ3v) is 5.01. The maximum atomic E-state index is 5.78. The zero-order valence-electron chi connectivity index (χ0n) is 8.38. The average molecular weight is 492 g/mol. The summed E-state index contributed by atoms with van der Waals surface area (Å²) in [6, 6.07) is 11.6. The molecule has 0 saturated carbocycles. The van der Waals surface area contributed by atoms with Crippen molar-refractivity contribution in [3.63, 3.8) is 0 Å². The van der Waals surface area contributed by atoms with Crippen LogP contribution in [-0.4, -0.2) is 0 Å². The summed E-state index contributed by atoms with van der Waals surface area (Å²) in [6.45, 7) is 0. The quantitative estimate of drug-likeness (QED) is 0.464. The van der Waals surface area contributed by atoms with Gasteiger partial charge in [-0.3, -0.25) is 0 Å². The molecular weight excluding hydrogens is 486 g/mol. The molecule has 0 aliphatic heterocycles. The fourth-order valence-electron chi connectivity index (χ4n) is 1.23. The summed E-state index contributed by atoms with van der Waals surface area (Å²) < 4.78 is 9.66. The highest BCUT2D eigenvalue weighted by atomic mass is 79.9. The van der Waals surface area contributed by atoms with Gasteiger partial charge in [-0.1, -0.05) is 15.9 Å². The fourth-order valence-corrected chi connectivity index (χ4v) is 2.96. The van der Waals surface area contributed by atoms with Crippen molar-refractivity contribution < 1.29 is 4.74 Å². The van der Waals surface area contributed by atoms with Crippen molar-refractivity contribution in [3.8, 4) is 11.5 Å². The monoisotopic (exact) mass is 488 g/mol. The zero-order valence-corrected chi connectivity index (χ0v) is 14.7. The van der Waals surface area contributed by atoms with E-state index in [0.717, 1.165) is 29.4 Å². The standard InChI is InChI=1S/C12H6Br4O/c13-7-1-4-12(11(16)5-7)17-8-2-3-9(14)10(15)6-8/h1-6H/i1+1,4+1,5+1,7+1,11+1,12+1. The smallest absolute Gasteiger partial charge is 0.141 e. The van der Waals surface area contributed by atoms with Crippen molar-refractivity contribution in [2.75, 3.05) is 0 Å². The molecule has 5 heteroatoms. The maximum Gasteiger partial charge on any atom is 0.141 e. The molecule has 0 amide bonds. The molecule has 0 heterocycles.